The van der Waals surface area contributed by atoms with E-state index < -0.39 is 0 Å². The van der Waals surface area contributed by atoms with Crippen LogP contribution in [0.5, 0.6) is 11.5 Å². The summed E-state index contributed by atoms with van der Waals surface area (Å²) in [6.45, 7) is 3.37. The van der Waals surface area contributed by atoms with Crippen molar-refractivity contribution in [2.45, 2.75) is 39.0 Å². The van der Waals surface area contributed by atoms with Crippen LogP contribution in [0.2, 0.25) is 5.02 Å². The Kier molecular flexibility index (Phi) is 7.97. The van der Waals surface area contributed by atoms with Gasteiger partial charge in [0.15, 0.2) is 11.5 Å². The zero-order chi connectivity index (χ0) is 20.5. The fourth-order valence-electron chi connectivity index (χ4n) is 3.35. The first-order valence-corrected chi connectivity index (χ1v) is 10.4. The molecule has 1 unspecified atom stereocenters. The fraction of sp³-hybridized carbons (Fsp3) is 0.280. The Hall–Kier alpha value is -2.49. The molecule has 0 aliphatic heterocycles. The normalized spacial score (nSPS) is 11.8. The molecule has 0 amide bonds. The van der Waals surface area contributed by atoms with Crippen LogP contribution in [0.1, 0.15) is 42.5 Å². The number of methoxy groups -OCH3 is 1. The second-order valence-electron chi connectivity index (χ2n) is 7.00. The average molecular weight is 410 g/mol. The number of halogens is 1. The summed E-state index contributed by atoms with van der Waals surface area (Å²) in [7, 11) is 1.67. The van der Waals surface area contributed by atoms with Crippen LogP contribution in [-0.2, 0) is 13.2 Å². The zero-order valence-corrected chi connectivity index (χ0v) is 17.8. The molecule has 1 N–H and O–H groups in total. The number of para-hydroxylation sites is 1. The molecule has 0 bridgehead atoms. The molecule has 0 aromatic heterocycles. The maximum Gasteiger partial charge on any atom is 0.166 e. The highest BCUT2D eigenvalue weighted by Crippen LogP contribution is 2.32. The van der Waals surface area contributed by atoms with Crippen molar-refractivity contribution in [2.75, 3.05) is 7.11 Å². The van der Waals surface area contributed by atoms with Crippen LogP contribution in [0.3, 0.4) is 0 Å². The molecule has 29 heavy (non-hydrogen) atoms. The van der Waals surface area contributed by atoms with E-state index in [0.29, 0.717) is 19.2 Å². The molecular formula is C25H28ClNO2. The van der Waals surface area contributed by atoms with Crippen LogP contribution in [-0.4, -0.2) is 7.11 Å². The first kappa shape index (κ1) is 21.2. The summed E-state index contributed by atoms with van der Waals surface area (Å²) in [5, 5.41) is 4.42. The standard InChI is InChI=1S/C25H28ClNO2/c1-3-8-23(20-9-5-4-6-10-20)27-17-21-11-7-12-24(28-2)25(21)29-18-19-13-15-22(26)16-14-19/h4-7,9-16,23,27H,3,8,17-18H2,1-2H3. The number of hydrogen-bond donors (Lipinski definition) is 1. The summed E-state index contributed by atoms with van der Waals surface area (Å²) in [5.74, 6) is 1.52. The van der Waals surface area contributed by atoms with E-state index in [2.05, 4.69) is 48.6 Å². The van der Waals surface area contributed by atoms with Crippen molar-refractivity contribution in [2.24, 2.45) is 0 Å². The van der Waals surface area contributed by atoms with E-state index in [0.717, 1.165) is 40.5 Å². The van der Waals surface area contributed by atoms with E-state index in [-0.39, 0.29) is 0 Å². The summed E-state index contributed by atoms with van der Waals surface area (Å²) in [4.78, 5) is 0. The minimum absolute atomic E-state index is 0.302. The van der Waals surface area contributed by atoms with Crippen molar-refractivity contribution in [1.29, 1.82) is 0 Å². The predicted octanol–water partition coefficient (Wildman–Crippen LogP) is 6.56. The fourth-order valence-corrected chi connectivity index (χ4v) is 3.48. The van der Waals surface area contributed by atoms with Gasteiger partial charge in [-0.05, 0) is 35.7 Å². The van der Waals surface area contributed by atoms with Gasteiger partial charge in [0.25, 0.3) is 0 Å². The highest BCUT2D eigenvalue weighted by atomic mass is 35.5. The monoisotopic (exact) mass is 409 g/mol. The van der Waals surface area contributed by atoms with E-state index in [1.54, 1.807) is 7.11 Å². The molecule has 4 heteroatoms. The molecule has 0 saturated carbocycles. The van der Waals surface area contributed by atoms with Crippen LogP contribution < -0.4 is 14.8 Å². The average Bonchev–Trinajstić information content (AvgIpc) is 2.77. The zero-order valence-electron chi connectivity index (χ0n) is 17.0. The number of benzene rings is 3. The topological polar surface area (TPSA) is 30.5 Å². The lowest BCUT2D eigenvalue weighted by molar-refractivity contribution is 0.280. The maximum atomic E-state index is 6.17. The summed E-state index contributed by atoms with van der Waals surface area (Å²) in [6.07, 6.45) is 2.19. The van der Waals surface area contributed by atoms with Crippen molar-refractivity contribution in [3.63, 3.8) is 0 Å². The Bertz CT molecular complexity index is 881. The molecule has 3 aromatic carbocycles. The molecular weight excluding hydrogens is 382 g/mol. The molecule has 0 heterocycles. The van der Waals surface area contributed by atoms with Gasteiger partial charge in [-0.15, -0.1) is 0 Å². The molecule has 3 nitrogen and oxygen atoms in total. The Morgan fingerprint density at radius 1 is 0.931 bits per heavy atom. The molecule has 0 saturated heterocycles. The van der Waals surface area contributed by atoms with Gasteiger partial charge in [0.1, 0.15) is 6.61 Å². The molecule has 0 aliphatic carbocycles. The molecule has 152 valence electrons. The lowest BCUT2D eigenvalue weighted by Gasteiger charge is -2.21. The van der Waals surface area contributed by atoms with E-state index in [9.17, 15) is 0 Å². The number of hydrogen-bond acceptors (Lipinski definition) is 3. The van der Waals surface area contributed by atoms with Crippen LogP contribution in [0, 0.1) is 0 Å². The first-order chi connectivity index (χ1) is 14.2. The second-order valence-corrected chi connectivity index (χ2v) is 7.43. The molecule has 3 rings (SSSR count). The molecule has 0 aliphatic rings. The van der Waals surface area contributed by atoms with Crippen molar-refractivity contribution < 1.29 is 9.47 Å². The lowest BCUT2D eigenvalue weighted by atomic mass is 10.0. The van der Waals surface area contributed by atoms with E-state index >= 15 is 0 Å². The predicted molar refractivity (Wildman–Crippen MR) is 120 cm³/mol. The third-order valence-electron chi connectivity index (χ3n) is 4.90. The van der Waals surface area contributed by atoms with E-state index in [4.69, 9.17) is 21.1 Å². The van der Waals surface area contributed by atoms with Gasteiger partial charge in [-0.25, -0.2) is 0 Å². The molecule has 1 atom stereocenters. The molecule has 3 aromatic rings. The van der Waals surface area contributed by atoms with Gasteiger partial charge in [-0.3, -0.25) is 0 Å². The summed E-state index contributed by atoms with van der Waals surface area (Å²) < 4.78 is 11.7. The van der Waals surface area contributed by atoms with Crippen LogP contribution in [0.15, 0.2) is 72.8 Å². The second kappa shape index (κ2) is 10.9. The van der Waals surface area contributed by atoms with Crippen molar-refractivity contribution in [3.8, 4) is 11.5 Å². The van der Waals surface area contributed by atoms with Gasteiger partial charge in [0, 0.05) is 23.2 Å². The highest BCUT2D eigenvalue weighted by molar-refractivity contribution is 6.30. The summed E-state index contributed by atoms with van der Waals surface area (Å²) in [6, 6.07) is 24.6. The Morgan fingerprint density at radius 3 is 2.38 bits per heavy atom. The van der Waals surface area contributed by atoms with Crippen molar-refractivity contribution in [1.82, 2.24) is 5.32 Å². The largest absolute Gasteiger partial charge is 0.493 e. The van der Waals surface area contributed by atoms with Crippen molar-refractivity contribution in [3.05, 3.63) is 94.5 Å². The smallest absolute Gasteiger partial charge is 0.166 e. The third-order valence-corrected chi connectivity index (χ3v) is 5.15. The van der Waals surface area contributed by atoms with Gasteiger partial charge in [0.05, 0.1) is 7.11 Å². The third kappa shape index (κ3) is 5.99. The van der Waals surface area contributed by atoms with Crippen molar-refractivity contribution >= 4 is 11.6 Å². The minimum Gasteiger partial charge on any atom is -0.493 e. The van der Waals surface area contributed by atoms with Gasteiger partial charge in [-0.1, -0.05) is 79.5 Å². The van der Waals surface area contributed by atoms with Crippen LogP contribution in [0.25, 0.3) is 0 Å². The Balaban J connectivity index is 1.75. The van der Waals surface area contributed by atoms with Gasteiger partial charge >= 0.3 is 0 Å². The van der Waals surface area contributed by atoms with Gasteiger partial charge in [-0.2, -0.15) is 0 Å². The molecule has 0 radical (unpaired) electrons. The van der Waals surface area contributed by atoms with Gasteiger partial charge < -0.3 is 14.8 Å². The van der Waals surface area contributed by atoms with E-state index in [1.807, 2.05) is 36.4 Å². The summed E-state index contributed by atoms with van der Waals surface area (Å²) in [5.41, 5.74) is 3.45. The van der Waals surface area contributed by atoms with E-state index in [1.165, 1.54) is 5.56 Å². The first-order valence-electron chi connectivity index (χ1n) is 10.0. The van der Waals surface area contributed by atoms with Crippen LogP contribution in [0.4, 0.5) is 0 Å². The minimum atomic E-state index is 0.302. The van der Waals surface area contributed by atoms with Crippen LogP contribution >= 0.6 is 11.6 Å². The number of ether oxygens (including phenoxy) is 2. The Morgan fingerprint density at radius 2 is 1.69 bits per heavy atom. The lowest BCUT2D eigenvalue weighted by Crippen LogP contribution is -2.21. The highest BCUT2D eigenvalue weighted by Gasteiger charge is 2.14. The quantitative estimate of drug-likeness (QED) is 0.411. The summed E-state index contributed by atoms with van der Waals surface area (Å²) >= 11 is 5.98. The van der Waals surface area contributed by atoms with Gasteiger partial charge in [0.2, 0.25) is 0 Å². The maximum absolute atomic E-state index is 6.17. The Labute approximate surface area is 178 Å². The number of rotatable bonds is 10. The number of nitrogens with one attached hydrogen (secondary N) is 1. The SMILES string of the molecule is CCCC(NCc1cccc(OC)c1OCc1ccc(Cl)cc1)c1ccccc1. The molecule has 0 spiro atoms. The molecule has 0 fully saturated rings.